The Hall–Kier alpha value is -0.730. The molecule has 0 radical (unpaired) electrons. The molecule has 0 bridgehead atoms. The molecular formula is C10H14ClNO. The van der Waals surface area contributed by atoms with Crippen molar-refractivity contribution < 1.29 is 5.11 Å². The second kappa shape index (κ2) is 3.99. The number of benzene rings is 1. The third kappa shape index (κ3) is 1.95. The fourth-order valence-corrected chi connectivity index (χ4v) is 1.54. The van der Waals surface area contributed by atoms with Crippen molar-refractivity contribution in [2.75, 3.05) is 0 Å². The summed E-state index contributed by atoms with van der Waals surface area (Å²) in [6.45, 7) is 3.79. The molecule has 0 saturated heterocycles. The van der Waals surface area contributed by atoms with Gasteiger partial charge in [0.25, 0.3) is 0 Å². The molecule has 0 fully saturated rings. The largest absolute Gasteiger partial charge is 0.507 e. The summed E-state index contributed by atoms with van der Waals surface area (Å²) in [7, 11) is 0. The fraction of sp³-hybridized carbons (Fsp3) is 0.400. The molecule has 2 nitrogen and oxygen atoms in total. The average molecular weight is 200 g/mol. The number of phenols is 1. The van der Waals surface area contributed by atoms with Crippen LogP contribution in [0.25, 0.3) is 0 Å². The van der Waals surface area contributed by atoms with Crippen molar-refractivity contribution in [1.29, 1.82) is 0 Å². The van der Waals surface area contributed by atoms with Gasteiger partial charge in [-0.15, -0.1) is 0 Å². The van der Waals surface area contributed by atoms with Crippen molar-refractivity contribution in [3.05, 3.63) is 28.3 Å². The first-order valence-electron chi connectivity index (χ1n) is 4.31. The molecule has 0 spiro atoms. The highest BCUT2D eigenvalue weighted by atomic mass is 35.5. The highest BCUT2D eigenvalue weighted by Crippen LogP contribution is 2.34. The van der Waals surface area contributed by atoms with Crippen molar-refractivity contribution in [2.24, 2.45) is 5.73 Å². The van der Waals surface area contributed by atoms with Crippen LogP contribution in [0.2, 0.25) is 5.02 Å². The SMILES string of the molecule is CC[C@@H](N)c1c(Cl)ccc(C)c1O. The van der Waals surface area contributed by atoms with Crippen molar-refractivity contribution in [2.45, 2.75) is 26.3 Å². The van der Waals surface area contributed by atoms with Crippen LogP contribution >= 0.6 is 11.6 Å². The molecule has 1 aromatic carbocycles. The highest BCUT2D eigenvalue weighted by Gasteiger charge is 2.14. The number of halogens is 1. The Labute approximate surface area is 83.3 Å². The fourth-order valence-electron chi connectivity index (χ4n) is 1.25. The Balaban J connectivity index is 3.25. The zero-order valence-electron chi connectivity index (χ0n) is 7.84. The topological polar surface area (TPSA) is 46.2 Å². The van der Waals surface area contributed by atoms with Gasteiger partial charge in [-0.25, -0.2) is 0 Å². The molecule has 1 rings (SSSR count). The lowest BCUT2D eigenvalue weighted by Gasteiger charge is -2.14. The van der Waals surface area contributed by atoms with Crippen LogP contribution in [0.5, 0.6) is 5.75 Å². The molecule has 0 unspecified atom stereocenters. The van der Waals surface area contributed by atoms with Gasteiger partial charge in [0.05, 0.1) is 0 Å². The molecule has 0 heterocycles. The number of phenolic OH excluding ortho intramolecular Hbond substituents is 1. The van der Waals surface area contributed by atoms with Crippen LogP contribution in [0.1, 0.15) is 30.5 Å². The molecule has 1 atom stereocenters. The quantitative estimate of drug-likeness (QED) is 0.770. The predicted molar refractivity (Wildman–Crippen MR) is 55.1 cm³/mol. The monoisotopic (exact) mass is 199 g/mol. The van der Waals surface area contributed by atoms with Gasteiger partial charge in [-0.1, -0.05) is 24.6 Å². The van der Waals surface area contributed by atoms with Gasteiger partial charge in [-0.05, 0) is 25.0 Å². The molecule has 0 amide bonds. The smallest absolute Gasteiger partial charge is 0.124 e. The molecule has 0 aromatic heterocycles. The third-order valence-corrected chi connectivity index (χ3v) is 2.51. The minimum atomic E-state index is -0.188. The van der Waals surface area contributed by atoms with E-state index in [2.05, 4.69) is 0 Å². The lowest BCUT2D eigenvalue weighted by atomic mass is 10.0. The third-order valence-electron chi connectivity index (χ3n) is 2.18. The van der Waals surface area contributed by atoms with E-state index in [1.165, 1.54) is 0 Å². The van der Waals surface area contributed by atoms with Crippen LogP contribution in [0, 0.1) is 6.92 Å². The zero-order valence-corrected chi connectivity index (χ0v) is 8.60. The van der Waals surface area contributed by atoms with E-state index in [4.69, 9.17) is 17.3 Å². The van der Waals surface area contributed by atoms with Crippen molar-refractivity contribution >= 4 is 11.6 Å². The number of nitrogens with two attached hydrogens (primary N) is 1. The number of hydrogen-bond acceptors (Lipinski definition) is 2. The van der Waals surface area contributed by atoms with Gasteiger partial charge in [-0.3, -0.25) is 0 Å². The van der Waals surface area contributed by atoms with Gasteiger partial charge in [0.2, 0.25) is 0 Å². The molecule has 13 heavy (non-hydrogen) atoms. The van der Waals surface area contributed by atoms with Crippen molar-refractivity contribution in [3.8, 4) is 5.75 Å². The minimum absolute atomic E-state index is 0.188. The van der Waals surface area contributed by atoms with E-state index in [0.29, 0.717) is 10.6 Å². The van der Waals surface area contributed by atoms with Crippen LogP contribution in [0.3, 0.4) is 0 Å². The van der Waals surface area contributed by atoms with E-state index in [-0.39, 0.29) is 11.8 Å². The Morgan fingerprint density at radius 1 is 1.54 bits per heavy atom. The van der Waals surface area contributed by atoms with Gasteiger partial charge < -0.3 is 10.8 Å². The molecular weight excluding hydrogens is 186 g/mol. The number of rotatable bonds is 2. The molecule has 0 aliphatic carbocycles. The van der Waals surface area contributed by atoms with Gasteiger partial charge in [0, 0.05) is 16.6 Å². The molecule has 1 aromatic rings. The van der Waals surface area contributed by atoms with E-state index in [0.717, 1.165) is 12.0 Å². The lowest BCUT2D eigenvalue weighted by Crippen LogP contribution is -2.09. The molecule has 0 saturated carbocycles. The summed E-state index contributed by atoms with van der Waals surface area (Å²) in [4.78, 5) is 0. The Morgan fingerprint density at radius 2 is 2.15 bits per heavy atom. The summed E-state index contributed by atoms with van der Waals surface area (Å²) in [5.74, 6) is 0.224. The first-order valence-corrected chi connectivity index (χ1v) is 4.69. The van der Waals surface area contributed by atoms with Gasteiger partial charge in [-0.2, -0.15) is 0 Å². The van der Waals surface area contributed by atoms with Crippen LogP contribution in [0.4, 0.5) is 0 Å². The number of aromatic hydroxyl groups is 1. The Bertz CT molecular complexity index is 312. The van der Waals surface area contributed by atoms with Crippen LogP contribution in [0.15, 0.2) is 12.1 Å². The van der Waals surface area contributed by atoms with Gasteiger partial charge >= 0.3 is 0 Å². The normalized spacial score (nSPS) is 12.9. The maximum absolute atomic E-state index is 9.72. The number of aryl methyl sites for hydroxylation is 1. The lowest BCUT2D eigenvalue weighted by molar-refractivity contribution is 0.456. The molecule has 3 N–H and O–H groups in total. The summed E-state index contributed by atoms with van der Waals surface area (Å²) in [6.07, 6.45) is 0.761. The predicted octanol–water partition coefficient (Wildman–Crippen LogP) is 2.76. The maximum Gasteiger partial charge on any atom is 0.124 e. The van der Waals surface area contributed by atoms with Crippen LogP contribution in [-0.4, -0.2) is 5.11 Å². The standard InChI is InChI=1S/C10H14ClNO/c1-3-8(12)9-7(11)5-4-6(2)10(9)13/h4-5,8,13H,3,12H2,1-2H3/t8-/m1/s1. The molecule has 72 valence electrons. The van der Waals surface area contributed by atoms with E-state index >= 15 is 0 Å². The molecule has 0 aliphatic heterocycles. The summed E-state index contributed by atoms with van der Waals surface area (Å²) in [5.41, 5.74) is 7.29. The van der Waals surface area contributed by atoms with Gasteiger partial charge in [0.15, 0.2) is 0 Å². The van der Waals surface area contributed by atoms with Crippen LogP contribution < -0.4 is 5.73 Å². The van der Waals surface area contributed by atoms with Crippen LogP contribution in [-0.2, 0) is 0 Å². The Morgan fingerprint density at radius 3 is 2.69 bits per heavy atom. The van der Waals surface area contributed by atoms with E-state index < -0.39 is 0 Å². The second-order valence-electron chi connectivity index (χ2n) is 3.14. The van der Waals surface area contributed by atoms with E-state index in [1.807, 2.05) is 13.8 Å². The summed E-state index contributed by atoms with van der Waals surface area (Å²) in [5, 5.41) is 10.3. The van der Waals surface area contributed by atoms with E-state index in [9.17, 15) is 5.11 Å². The molecule has 0 aliphatic rings. The summed E-state index contributed by atoms with van der Waals surface area (Å²) >= 11 is 5.94. The first kappa shape index (κ1) is 10.4. The highest BCUT2D eigenvalue weighted by molar-refractivity contribution is 6.31. The van der Waals surface area contributed by atoms with E-state index in [1.54, 1.807) is 12.1 Å². The Kier molecular flexibility index (Phi) is 3.17. The first-order chi connectivity index (χ1) is 6.07. The zero-order chi connectivity index (χ0) is 10.0. The maximum atomic E-state index is 9.72. The van der Waals surface area contributed by atoms with Crippen molar-refractivity contribution in [3.63, 3.8) is 0 Å². The average Bonchev–Trinajstić information content (AvgIpc) is 2.12. The molecule has 3 heteroatoms. The summed E-state index contributed by atoms with van der Waals surface area (Å²) < 4.78 is 0. The van der Waals surface area contributed by atoms with Crippen molar-refractivity contribution in [1.82, 2.24) is 0 Å². The minimum Gasteiger partial charge on any atom is -0.507 e. The second-order valence-corrected chi connectivity index (χ2v) is 3.55. The summed E-state index contributed by atoms with van der Waals surface area (Å²) in [6, 6.07) is 3.36. The number of hydrogen-bond donors (Lipinski definition) is 2. The van der Waals surface area contributed by atoms with Gasteiger partial charge in [0.1, 0.15) is 5.75 Å².